The van der Waals surface area contributed by atoms with Gasteiger partial charge in [-0.3, -0.25) is 0 Å². The molecule has 2 atom stereocenters. The number of nitrogens with zero attached hydrogens (tertiary/aromatic N) is 3. The SMILES string of the molecule is C[C@]1(Cn2cnc3ccc(C#N)cc32)CCC[C@@](O)(CO)C1. The Hall–Kier alpha value is -1.90. The Bertz CT molecular complexity index is 733. The quantitative estimate of drug-likeness (QED) is 0.910. The van der Waals surface area contributed by atoms with Crippen LogP contribution in [-0.2, 0) is 6.54 Å². The van der Waals surface area contributed by atoms with Crippen LogP contribution in [0.2, 0.25) is 0 Å². The highest BCUT2D eigenvalue weighted by molar-refractivity contribution is 5.76. The fourth-order valence-corrected chi connectivity index (χ4v) is 3.75. The maximum Gasteiger partial charge on any atom is 0.0992 e. The van der Waals surface area contributed by atoms with Gasteiger partial charge < -0.3 is 14.8 Å². The minimum atomic E-state index is -0.971. The zero-order chi connectivity index (χ0) is 15.8. The van der Waals surface area contributed by atoms with E-state index in [1.807, 2.05) is 12.1 Å². The number of aromatic nitrogens is 2. The summed E-state index contributed by atoms with van der Waals surface area (Å²) >= 11 is 0. The third-order valence-electron chi connectivity index (χ3n) is 4.77. The molecule has 0 spiro atoms. The zero-order valence-corrected chi connectivity index (χ0v) is 12.8. The molecule has 2 N–H and O–H groups in total. The predicted octanol–water partition coefficient (Wildman–Crippen LogP) is 2.21. The molecule has 116 valence electrons. The molecule has 0 bridgehead atoms. The molecule has 1 aliphatic carbocycles. The van der Waals surface area contributed by atoms with E-state index < -0.39 is 5.60 Å². The summed E-state index contributed by atoms with van der Waals surface area (Å²) in [6, 6.07) is 7.64. The van der Waals surface area contributed by atoms with Gasteiger partial charge in [-0.2, -0.15) is 5.26 Å². The van der Waals surface area contributed by atoms with Gasteiger partial charge in [0.1, 0.15) is 0 Å². The number of hydrogen-bond donors (Lipinski definition) is 2. The van der Waals surface area contributed by atoms with Crippen molar-refractivity contribution in [2.75, 3.05) is 6.61 Å². The normalized spacial score (nSPS) is 28.6. The number of fused-ring (bicyclic) bond motifs is 1. The van der Waals surface area contributed by atoms with E-state index >= 15 is 0 Å². The summed E-state index contributed by atoms with van der Waals surface area (Å²) < 4.78 is 2.05. The van der Waals surface area contributed by atoms with Crippen LogP contribution in [0, 0.1) is 16.7 Å². The van der Waals surface area contributed by atoms with Crippen molar-refractivity contribution in [2.45, 2.75) is 44.8 Å². The third kappa shape index (κ3) is 2.72. The molecule has 22 heavy (non-hydrogen) atoms. The van der Waals surface area contributed by atoms with Crippen LogP contribution in [0.5, 0.6) is 0 Å². The molecule has 1 heterocycles. The lowest BCUT2D eigenvalue weighted by molar-refractivity contribution is -0.0822. The van der Waals surface area contributed by atoms with Crippen LogP contribution in [-0.4, -0.2) is 32.0 Å². The van der Waals surface area contributed by atoms with Crippen LogP contribution in [0.4, 0.5) is 0 Å². The lowest BCUT2D eigenvalue weighted by Gasteiger charge is -2.42. The van der Waals surface area contributed by atoms with Crippen LogP contribution in [0.25, 0.3) is 11.0 Å². The largest absolute Gasteiger partial charge is 0.393 e. The molecule has 2 aromatic rings. The number of aliphatic hydroxyl groups excluding tert-OH is 1. The van der Waals surface area contributed by atoms with Gasteiger partial charge in [0.25, 0.3) is 0 Å². The van der Waals surface area contributed by atoms with Gasteiger partial charge in [-0.1, -0.05) is 6.92 Å². The maximum absolute atomic E-state index is 10.4. The molecular weight excluding hydrogens is 278 g/mol. The van der Waals surface area contributed by atoms with Gasteiger partial charge in [0.05, 0.1) is 41.2 Å². The number of benzene rings is 1. The van der Waals surface area contributed by atoms with E-state index in [1.54, 1.807) is 12.4 Å². The van der Waals surface area contributed by atoms with Gasteiger partial charge in [0.15, 0.2) is 0 Å². The Labute approximate surface area is 129 Å². The summed E-state index contributed by atoms with van der Waals surface area (Å²) in [4.78, 5) is 4.39. The van der Waals surface area contributed by atoms with E-state index in [0.717, 1.165) is 30.4 Å². The molecule has 0 unspecified atom stereocenters. The predicted molar refractivity (Wildman–Crippen MR) is 83.1 cm³/mol. The molecule has 1 fully saturated rings. The fourth-order valence-electron chi connectivity index (χ4n) is 3.75. The number of hydrogen-bond acceptors (Lipinski definition) is 4. The zero-order valence-electron chi connectivity index (χ0n) is 12.8. The molecule has 0 saturated heterocycles. The molecule has 0 amide bonds. The lowest BCUT2D eigenvalue weighted by Crippen LogP contribution is -2.44. The van der Waals surface area contributed by atoms with Crippen LogP contribution < -0.4 is 0 Å². The van der Waals surface area contributed by atoms with Crippen molar-refractivity contribution in [3.63, 3.8) is 0 Å². The van der Waals surface area contributed by atoms with Gasteiger partial charge in [-0.25, -0.2) is 4.98 Å². The summed E-state index contributed by atoms with van der Waals surface area (Å²) in [5.41, 5.74) is 1.37. The summed E-state index contributed by atoms with van der Waals surface area (Å²) in [6.45, 7) is 2.68. The number of aliphatic hydroxyl groups is 2. The van der Waals surface area contributed by atoms with E-state index in [9.17, 15) is 10.2 Å². The molecule has 3 rings (SSSR count). The maximum atomic E-state index is 10.4. The highest BCUT2D eigenvalue weighted by Crippen LogP contribution is 2.42. The Balaban J connectivity index is 1.91. The molecule has 1 saturated carbocycles. The van der Waals surface area contributed by atoms with E-state index in [4.69, 9.17) is 5.26 Å². The molecule has 5 heteroatoms. The Morgan fingerprint density at radius 1 is 1.41 bits per heavy atom. The van der Waals surface area contributed by atoms with Crippen LogP contribution in [0.15, 0.2) is 24.5 Å². The number of imidazole rings is 1. The van der Waals surface area contributed by atoms with Gasteiger partial charge in [-0.05, 0) is 49.3 Å². The average Bonchev–Trinajstić information content (AvgIpc) is 2.88. The van der Waals surface area contributed by atoms with E-state index in [0.29, 0.717) is 18.4 Å². The first-order valence-electron chi connectivity index (χ1n) is 7.65. The second-order valence-electron chi connectivity index (χ2n) is 6.91. The first-order chi connectivity index (χ1) is 10.5. The molecule has 1 aliphatic rings. The molecule has 5 nitrogen and oxygen atoms in total. The van der Waals surface area contributed by atoms with E-state index in [1.165, 1.54) is 0 Å². The topological polar surface area (TPSA) is 82.1 Å². The molecule has 0 aliphatic heterocycles. The molecular formula is C17H21N3O2. The monoisotopic (exact) mass is 299 g/mol. The Morgan fingerprint density at radius 2 is 2.23 bits per heavy atom. The van der Waals surface area contributed by atoms with E-state index in [-0.39, 0.29) is 12.0 Å². The number of rotatable bonds is 3. The van der Waals surface area contributed by atoms with Crippen LogP contribution in [0.1, 0.15) is 38.2 Å². The van der Waals surface area contributed by atoms with E-state index in [2.05, 4.69) is 22.5 Å². The van der Waals surface area contributed by atoms with Gasteiger partial charge >= 0.3 is 0 Å². The van der Waals surface area contributed by atoms with Gasteiger partial charge in [-0.15, -0.1) is 0 Å². The summed E-state index contributed by atoms with van der Waals surface area (Å²) in [7, 11) is 0. The fraction of sp³-hybridized carbons (Fsp3) is 0.529. The highest BCUT2D eigenvalue weighted by Gasteiger charge is 2.41. The smallest absolute Gasteiger partial charge is 0.0992 e. The van der Waals surface area contributed by atoms with Crippen molar-refractivity contribution < 1.29 is 10.2 Å². The minimum Gasteiger partial charge on any atom is -0.393 e. The first kappa shape index (κ1) is 15.0. The van der Waals surface area contributed by atoms with Crippen molar-refractivity contribution in [1.82, 2.24) is 9.55 Å². The summed E-state index contributed by atoms with van der Waals surface area (Å²) in [6.07, 6.45) is 4.94. The molecule has 0 radical (unpaired) electrons. The van der Waals surface area contributed by atoms with Crippen molar-refractivity contribution in [1.29, 1.82) is 5.26 Å². The Morgan fingerprint density at radius 3 is 2.95 bits per heavy atom. The summed E-state index contributed by atoms with van der Waals surface area (Å²) in [5, 5.41) is 28.9. The standard InChI is InChI=1S/C17H21N3O2/c1-16(5-2-6-17(22,9-16)11-21)10-20-12-19-14-4-3-13(8-18)7-15(14)20/h3-4,7,12,21-22H,2,5-6,9-11H2,1H3/t16-,17-/m0/s1. The van der Waals surface area contributed by atoms with Crippen molar-refractivity contribution in [2.24, 2.45) is 5.41 Å². The van der Waals surface area contributed by atoms with Crippen molar-refractivity contribution in [3.05, 3.63) is 30.1 Å². The van der Waals surface area contributed by atoms with Gasteiger partial charge in [0.2, 0.25) is 0 Å². The third-order valence-corrected chi connectivity index (χ3v) is 4.77. The van der Waals surface area contributed by atoms with Gasteiger partial charge in [0, 0.05) is 6.54 Å². The highest BCUT2D eigenvalue weighted by atomic mass is 16.3. The summed E-state index contributed by atoms with van der Waals surface area (Å²) in [5.74, 6) is 0. The molecule has 1 aromatic carbocycles. The molecule has 1 aromatic heterocycles. The van der Waals surface area contributed by atoms with Crippen molar-refractivity contribution in [3.8, 4) is 6.07 Å². The second-order valence-corrected chi connectivity index (χ2v) is 6.91. The second kappa shape index (κ2) is 5.38. The lowest BCUT2D eigenvalue weighted by atomic mass is 9.68. The first-order valence-corrected chi connectivity index (χ1v) is 7.65. The Kier molecular flexibility index (Phi) is 3.67. The average molecular weight is 299 g/mol. The minimum absolute atomic E-state index is 0.0913. The van der Waals surface area contributed by atoms with Crippen LogP contribution >= 0.6 is 0 Å². The van der Waals surface area contributed by atoms with Crippen molar-refractivity contribution >= 4 is 11.0 Å². The van der Waals surface area contributed by atoms with Crippen LogP contribution in [0.3, 0.4) is 0 Å². The number of nitriles is 1.